The summed E-state index contributed by atoms with van der Waals surface area (Å²) in [5, 5.41) is 0. The average molecular weight is 360 g/mol. The zero-order chi connectivity index (χ0) is 19.1. The van der Waals surface area contributed by atoms with E-state index in [0.29, 0.717) is 32.0 Å². The van der Waals surface area contributed by atoms with Crippen molar-refractivity contribution in [3.63, 3.8) is 0 Å². The summed E-state index contributed by atoms with van der Waals surface area (Å²) in [7, 11) is 0. The van der Waals surface area contributed by atoms with Gasteiger partial charge in [-0.05, 0) is 30.9 Å². The van der Waals surface area contributed by atoms with Crippen molar-refractivity contribution in [3.8, 4) is 0 Å². The van der Waals surface area contributed by atoms with Crippen LogP contribution in [0.3, 0.4) is 0 Å². The van der Waals surface area contributed by atoms with Gasteiger partial charge in [0, 0.05) is 38.1 Å². The molecule has 1 fully saturated rings. The minimum Gasteiger partial charge on any atom is -0.378 e. The SMILES string of the molecule is CCC(=O)C/C(=C\C1=C(CC)CC(C)=NC(N2CCOCC2)=N1)C(C)C. The van der Waals surface area contributed by atoms with Crippen LogP contribution in [0.4, 0.5) is 0 Å². The Bertz CT molecular complexity index is 636. The monoisotopic (exact) mass is 359 g/mol. The molecule has 5 nitrogen and oxygen atoms in total. The highest BCUT2D eigenvalue weighted by molar-refractivity contribution is 5.98. The van der Waals surface area contributed by atoms with Gasteiger partial charge in [-0.1, -0.05) is 33.3 Å². The van der Waals surface area contributed by atoms with E-state index >= 15 is 0 Å². The van der Waals surface area contributed by atoms with E-state index in [1.165, 1.54) is 5.57 Å². The number of guanidine groups is 1. The molecule has 0 saturated carbocycles. The van der Waals surface area contributed by atoms with Gasteiger partial charge >= 0.3 is 0 Å². The van der Waals surface area contributed by atoms with E-state index in [4.69, 9.17) is 14.7 Å². The van der Waals surface area contributed by atoms with Crippen molar-refractivity contribution in [3.05, 3.63) is 22.9 Å². The lowest BCUT2D eigenvalue weighted by Crippen LogP contribution is -2.40. The first kappa shape index (κ1) is 20.6. The van der Waals surface area contributed by atoms with E-state index in [0.717, 1.165) is 48.9 Å². The van der Waals surface area contributed by atoms with Crippen LogP contribution in [0.2, 0.25) is 0 Å². The second-order valence-corrected chi connectivity index (χ2v) is 7.32. The summed E-state index contributed by atoms with van der Waals surface area (Å²) in [6.07, 6.45) is 5.01. The van der Waals surface area contributed by atoms with Crippen LogP contribution >= 0.6 is 0 Å². The first-order valence-electron chi connectivity index (χ1n) is 9.84. The van der Waals surface area contributed by atoms with Crippen molar-refractivity contribution in [2.45, 2.75) is 60.3 Å². The maximum atomic E-state index is 12.0. The Morgan fingerprint density at radius 2 is 1.92 bits per heavy atom. The Labute approximate surface area is 157 Å². The van der Waals surface area contributed by atoms with E-state index < -0.39 is 0 Å². The number of carbonyl (C=O) groups is 1. The van der Waals surface area contributed by atoms with Gasteiger partial charge in [0.1, 0.15) is 5.78 Å². The number of nitrogens with zero attached hydrogens (tertiary/aromatic N) is 3. The van der Waals surface area contributed by atoms with Crippen molar-refractivity contribution >= 4 is 17.5 Å². The highest BCUT2D eigenvalue weighted by Crippen LogP contribution is 2.25. The summed E-state index contributed by atoms with van der Waals surface area (Å²) in [4.78, 5) is 23.9. The number of ether oxygens (including phenoxy) is 1. The zero-order valence-electron chi connectivity index (χ0n) is 17.0. The lowest BCUT2D eigenvalue weighted by Gasteiger charge is -2.27. The van der Waals surface area contributed by atoms with Crippen LogP contribution in [0, 0.1) is 5.92 Å². The minimum atomic E-state index is 0.280. The van der Waals surface area contributed by atoms with Gasteiger partial charge < -0.3 is 9.64 Å². The number of allylic oxidation sites excluding steroid dienone is 3. The number of aliphatic imine (C=N–C) groups is 2. The Morgan fingerprint density at radius 1 is 1.23 bits per heavy atom. The third kappa shape index (κ3) is 5.63. The topological polar surface area (TPSA) is 54.3 Å². The molecule has 0 bridgehead atoms. The lowest BCUT2D eigenvalue weighted by atomic mass is 9.94. The summed E-state index contributed by atoms with van der Waals surface area (Å²) in [5.41, 5.74) is 4.52. The molecule has 0 aromatic rings. The predicted octanol–water partition coefficient (Wildman–Crippen LogP) is 4.15. The van der Waals surface area contributed by atoms with Gasteiger partial charge in [0.15, 0.2) is 0 Å². The number of ketones is 1. The molecule has 1 saturated heterocycles. The van der Waals surface area contributed by atoms with E-state index in [1.807, 2.05) is 6.92 Å². The lowest BCUT2D eigenvalue weighted by molar-refractivity contribution is -0.118. The van der Waals surface area contributed by atoms with Crippen LogP contribution in [0.25, 0.3) is 0 Å². The normalized spacial score (nSPS) is 19.5. The molecule has 5 heteroatoms. The Balaban J connectivity index is 2.42. The fourth-order valence-corrected chi connectivity index (χ4v) is 3.12. The highest BCUT2D eigenvalue weighted by atomic mass is 16.5. The minimum absolute atomic E-state index is 0.280. The molecule has 0 aromatic carbocycles. The molecular weight excluding hydrogens is 326 g/mol. The van der Waals surface area contributed by atoms with Crippen LogP contribution in [-0.2, 0) is 9.53 Å². The van der Waals surface area contributed by atoms with Crippen LogP contribution < -0.4 is 0 Å². The fraction of sp³-hybridized carbons (Fsp3) is 0.667. The highest BCUT2D eigenvalue weighted by Gasteiger charge is 2.19. The molecule has 26 heavy (non-hydrogen) atoms. The summed E-state index contributed by atoms with van der Waals surface area (Å²) in [6.45, 7) is 13.5. The molecule has 0 amide bonds. The predicted molar refractivity (Wildman–Crippen MR) is 108 cm³/mol. The number of morpholine rings is 1. The number of hydrogen-bond donors (Lipinski definition) is 0. The summed E-state index contributed by atoms with van der Waals surface area (Å²) < 4.78 is 5.46. The van der Waals surface area contributed by atoms with Crippen LogP contribution in [-0.4, -0.2) is 48.7 Å². The molecule has 0 radical (unpaired) electrons. The van der Waals surface area contributed by atoms with Crippen molar-refractivity contribution < 1.29 is 9.53 Å². The van der Waals surface area contributed by atoms with Crippen molar-refractivity contribution in [2.75, 3.05) is 26.3 Å². The van der Waals surface area contributed by atoms with Crippen LogP contribution in [0.5, 0.6) is 0 Å². The quantitative estimate of drug-likeness (QED) is 0.716. The van der Waals surface area contributed by atoms with Gasteiger partial charge in [-0.3, -0.25) is 4.79 Å². The first-order chi connectivity index (χ1) is 12.4. The molecule has 144 valence electrons. The summed E-state index contributed by atoms with van der Waals surface area (Å²) >= 11 is 0. The number of rotatable bonds is 6. The molecule has 0 aromatic heterocycles. The Morgan fingerprint density at radius 3 is 2.50 bits per heavy atom. The zero-order valence-corrected chi connectivity index (χ0v) is 17.0. The van der Waals surface area contributed by atoms with Crippen LogP contribution in [0.1, 0.15) is 60.3 Å². The van der Waals surface area contributed by atoms with Gasteiger partial charge in [-0.15, -0.1) is 0 Å². The maximum absolute atomic E-state index is 12.0. The van der Waals surface area contributed by atoms with E-state index in [-0.39, 0.29) is 5.78 Å². The first-order valence-corrected chi connectivity index (χ1v) is 9.84. The molecule has 2 heterocycles. The van der Waals surface area contributed by atoms with Crippen molar-refractivity contribution in [2.24, 2.45) is 15.9 Å². The molecule has 0 aliphatic carbocycles. The van der Waals surface area contributed by atoms with Crippen molar-refractivity contribution in [1.29, 1.82) is 0 Å². The number of carbonyl (C=O) groups excluding carboxylic acids is 1. The van der Waals surface area contributed by atoms with E-state index in [1.54, 1.807) is 0 Å². The molecule has 2 aliphatic heterocycles. The summed E-state index contributed by atoms with van der Waals surface area (Å²) in [5.74, 6) is 1.39. The average Bonchev–Trinajstić information content (AvgIpc) is 2.80. The maximum Gasteiger partial charge on any atom is 0.225 e. The molecule has 2 aliphatic rings. The smallest absolute Gasteiger partial charge is 0.225 e. The standard InChI is InChI=1S/C21H33N3O2/c1-6-17-12-16(5)22-21(24-8-10-26-11-9-24)23-20(17)14-18(15(3)4)13-19(25)7-2/h14-15H,6-13H2,1-5H3/b18-14+. The Kier molecular flexibility index (Phi) is 7.76. The molecular formula is C21H33N3O2. The third-order valence-electron chi connectivity index (χ3n) is 4.92. The van der Waals surface area contributed by atoms with Crippen molar-refractivity contribution in [1.82, 2.24) is 4.90 Å². The number of hydrogen-bond acceptors (Lipinski definition) is 5. The van der Waals surface area contributed by atoms with Gasteiger partial charge in [0.25, 0.3) is 0 Å². The van der Waals surface area contributed by atoms with Gasteiger partial charge in [0.05, 0.1) is 18.9 Å². The molecule has 0 spiro atoms. The second-order valence-electron chi connectivity index (χ2n) is 7.32. The largest absolute Gasteiger partial charge is 0.378 e. The summed E-state index contributed by atoms with van der Waals surface area (Å²) in [6, 6.07) is 0. The molecule has 2 rings (SSSR count). The molecule has 0 N–H and O–H groups in total. The third-order valence-corrected chi connectivity index (χ3v) is 4.92. The molecule has 0 unspecified atom stereocenters. The van der Waals surface area contributed by atoms with Gasteiger partial charge in [-0.25, -0.2) is 9.98 Å². The number of Topliss-reactive ketones (excluding diaryl/α,β-unsaturated/α-hetero) is 1. The van der Waals surface area contributed by atoms with Gasteiger partial charge in [-0.2, -0.15) is 0 Å². The fourth-order valence-electron chi connectivity index (χ4n) is 3.12. The van der Waals surface area contributed by atoms with Crippen LogP contribution in [0.15, 0.2) is 32.9 Å². The van der Waals surface area contributed by atoms with Gasteiger partial charge in [0.2, 0.25) is 5.96 Å². The second kappa shape index (κ2) is 9.81. The van der Waals surface area contributed by atoms with E-state index in [2.05, 4.69) is 38.7 Å². The van der Waals surface area contributed by atoms with E-state index in [9.17, 15) is 4.79 Å². The molecule has 0 atom stereocenters. The Hall–Kier alpha value is -1.75.